The molecule has 2 N–H and O–H groups in total. The Kier molecular flexibility index (Phi) is 8.79. The number of amides is 2. The highest BCUT2D eigenvalue weighted by Crippen LogP contribution is 2.18. The van der Waals surface area contributed by atoms with Crippen LogP contribution in [0.5, 0.6) is 0 Å². The zero-order chi connectivity index (χ0) is 17.9. The van der Waals surface area contributed by atoms with Gasteiger partial charge in [0.05, 0.1) is 13.2 Å². The Hall–Kier alpha value is -1.57. The zero-order valence-electron chi connectivity index (χ0n) is 14.7. The summed E-state index contributed by atoms with van der Waals surface area (Å²) in [5.41, 5.74) is 0. The molecule has 2 amide bonds. The zero-order valence-corrected chi connectivity index (χ0v) is 15.5. The second-order valence-corrected chi connectivity index (χ2v) is 7.07. The van der Waals surface area contributed by atoms with Gasteiger partial charge in [-0.2, -0.15) is 0 Å². The van der Waals surface area contributed by atoms with Gasteiger partial charge < -0.3 is 15.4 Å². The first-order valence-electron chi connectivity index (χ1n) is 8.68. The van der Waals surface area contributed by atoms with Crippen LogP contribution >= 0.6 is 11.8 Å². The molecular formula is C18H27N3O3S. The Balaban J connectivity index is 1.72. The lowest BCUT2D eigenvalue weighted by atomic mass is 10.3. The Morgan fingerprint density at radius 3 is 2.64 bits per heavy atom. The van der Waals surface area contributed by atoms with Crippen molar-refractivity contribution in [2.45, 2.75) is 24.3 Å². The van der Waals surface area contributed by atoms with E-state index in [4.69, 9.17) is 4.74 Å². The average Bonchev–Trinajstić information content (AvgIpc) is 2.63. The summed E-state index contributed by atoms with van der Waals surface area (Å²) in [4.78, 5) is 27.2. The molecule has 1 aliphatic rings. The molecule has 138 valence electrons. The highest BCUT2D eigenvalue weighted by Gasteiger charge is 2.19. The molecule has 1 fully saturated rings. The summed E-state index contributed by atoms with van der Waals surface area (Å²) in [7, 11) is 0. The molecule has 0 aromatic heterocycles. The molecule has 0 bridgehead atoms. The first-order chi connectivity index (χ1) is 12.1. The number of rotatable bonds is 9. The van der Waals surface area contributed by atoms with Gasteiger partial charge in [-0.3, -0.25) is 14.5 Å². The molecule has 0 spiro atoms. The lowest BCUT2D eigenvalue weighted by Crippen LogP contribution is -2.48. The van der Waals surface area contributed by atoms with Crippen LogP contribution in [0.3, 0.4) is 0 Å². The maximum atomic E-state index is 12.4. The smallest absolute Gasteiger partial charge is 0.243 e. The van der Waals surface area contributed by atoms with E-state index in [1.54, 1.807) is 11.8 Å². The van der Waals surface area contributed by atoms with Gasteiger partial charge in [-0.05, 0) is 25.1 Å². The van der Waals surface area contributed by atoms with Crippen LogP contribution in [0, 0.1) is 0 Å². The number of nitrogens with one attached hydrogen (secondary N) is 2. The van der Waals surface area contributed by atoms with Crippen molar-refractivity contribution in [3.05, 3.63) is 30.3 Å². The van der Waals surface area contributed by atoms with E-state index in [0.717, 1.165) is 44.2 Å². The molecule has 2 rings (SSSR count). The number of carbonyl (C=O) groups is 2. The Bertz CT molecular complexity index is 536. The minimum atomic E-state index is -0.522. The van der Waals surface area contributed by atoms with Crippen molar-refractivity contribution < 1.29 is 14.3 Å². The molecule has 0 radical (unpaired) electrons. The van der Waals surface area contributed by atoms with E-state index in [0.29, 0.717) is 12.3 Å². The van der Waals surface area contributed by atoms with E-state index < -0.39 is 6.04 Å². The fourth-order valence-corrected chi connectivity index (χ4v) is 3.53. The van der Waals surface area contributed by atoms with E-state index in [1.807, 2.05) is 30.3 Å². The van der Waals surface area contributed by atoms with E-state index in [2.05, 4.69) is 15.5 Å². The molecule has 25 heavy (non-hydrogen) atoms. The Labute approximate surface area is 153 Å². The highest BCUT2D eigenvalue weighted by atomic mass is 32.2. The van der Waals surface area contributed by atoms with Gasteiger partial charge >= 0.3 is 0 Å². The van der Waals surface area contributed by atoms with Crippen LogP contribution in [0.2, 0.25) is 0 Å². The van der Waals surface area contributed by atoms with E-state index in [9.17, 15) is 9.59 Å². The maximum Gasteiger partial charge on any atom is 0.243 e. The predicted octanol–water partition coefficient (Wildman–Crippen LogP) is 1.12. The van der Waals surface area contributed by atoms with Crippen LogP contribution in [-0.4, -0.2) is 67.9 Å². The standard InChI is InChI=1S/C18H27N3O3S/c1-15(22)20-17(14-25-16-6-3-2-4-7-16)18(23)19-8-5-9-21-10-12-24-13-11-21/h2-4,6-7,17H,5,8-14H2,1H3,(H,19,23)(H,20,22). The fraction of sp³-hybridized carbons (Fsp3) is 0.556. The van der Waals surface area contributed by atoms with Gasteiger partial charge in [0.25, 0.3) is 0 Å². The summed E-state index contributed by atoms with van der Waals surface area (Å²) >= 11 is 1.56. The van der Waals surface area contributed by atoms with Gasteiger partial charge in [-0.1, -0.05) is 18.2 Å². The normalized spacial score (nSPS) is 16.2. The van der Waals surface area contributed by atoms with Gasteiger partial charge in [-0.25, -0.2) is 0 Å². The molecule has 1 atom stereocenters. The van der Waals surface area contributed by atoms with Crippen molar-refractivity contribution in [2.24, 2.45) is 0 Å². The monoisotopic (exact) mass is 365 g/mol. The van der Waals surface area contributed by atoms with Crippen LogP contribution in [0.15, 0.2) is 35.2 Å². The molecule has 1 aromatic rings. The summed E-state index contributed by atoms with van der Waals surface area (Å²) < 4.78 is 5.32. The molecule has 1 saturated heterocycles. The summed E-state index contributed by atoms with van der Waals surface area (Å²) in [6.07, 6.45) is 0.893. The van der Waals surface area contributed by atoms with Gasteiger partial charge in [0.2, 0.25) is 11.8 Å². The topological polar surface area (TPSA) is 70.7 Å². The third-order valence-electron chi connectivity index (χ3n) is 3.91. The predicted molar refractivity (Wildman–Crippen MR) is 99.7 cm³/mol. The first-order valence-corrected chi connectivity index (χ1v) is 9.66. The quantitative estimate of drug-likeness (QED) is 0.507. The largest absolute Gasteiger partial charge is 0.379 e. The summed E-state index contributed by atoms with van der Waals surface area (Å²) in [5.74, 6) is 0.196. The van der Waals surface area contributed by atoms with Crippen LogP contribution in [0.25, 0.3) is 0 Å². The number of hydrogen-bond acceptors (Lipinski definition) is 5. The average molecular weight is 365 g/mol. The van der Waals surface area contributed by atoms with Crippen molar-refractivity contribution in [1.82, 2.24) is 15.5 Å². The van der Waals surface area contributed by atoms with Crippen LogP contribution in [0.4, 0.5) is 0 Å². The highest BCUT2D eigenvalue weighted by molar-refractivity contribution is 7.99. The number of nitrogens with zero attached hydrogens (tertiary/aromatic N) is 1. The van der Waals surface area contributed by atoms with Crippen molar-refractivity contribution >= 4 is 23.6 Å². The third-order valence-corrected chi connectivity index (χ3v) is 5.01. The molecule has 1 unspecified atom stereocenters. The molecule has 6 nitrogen and oxygen atoms in total. The molecule has 0 aliphatic carbocycles. The van der Waals surface area contributed by atoms with E-state index in [1.165, 1.54) is 6.92 Å². The van der Waals surface area contributed by atoms with Crippen molar-refractivity contribution in [1.29, 1.82) is 0 Å². The fourth-order valence-electron chi connectivity index (χ4n) is 2.59. The molecular weight excluding hydrogens is 338 g/mol. The summed E-state index contributed by atoms with van der Waals surface area (Å²) in [6, 6.07) is 9.34. The minimum Gasteiger partial charge on any atom is -0.379 e. The molecule has 1 aliphatic heterocycles. The minimum absolute atomic E-state index is 0.124. The van der Waals surface area contributed by atoms with E-state index in [-0.39, 0.29) is 11.8 Å². The van der Waals surface area contributed by atoms with Crippen LogP contribution < -0.4 is 10.6 Å². The van der Waals surface area contributed by atoms with Crippen LogP contribution in [-0.2, 0) is 14.3 Å². The van der Waals surface area contributed by atoms with Gasteiger partial charge in [0.15, 0.2) is 0 Å². The number of benzene rings is 1. The Morgan fingerprint density at radius 1 is 1.24 bits per heavy atom. The lowest BCUT2D eigenvalue weighted by Gasteiger charge is -2.26. The van der Waals surface area contributed by atoms with Crippen molar-refractivity contribution in [3.63, 3.8) is 0 Å². The number of thioether (sulfide) groups is 1. The molecule has 1 heterocycles. The second-order valence-electron chi connectivity index (χ2n) is 5.98. The van der Waals surface area contributed by atoms with E-state index >= 15 is 0 Å². The van der Waals surface area contributed by atoms with Crippen molar-refractivity contribution in [3.8, 4) is 0 Å². The molecule has 0 saturated carbocycles. The first kappa shape index (κ1) is 19.8. The third kappa shape index (κ3) is 7.90. The molecule has 7 heteroatoms. The number of carbonyl (C=O) groups excluding carboxylic acids is 2. The summed E-state index contributed by atoms with van der Waals surface area (Å²) in [5, 5.41) is 5.68. The number of hydrogen-bond donors (Lipinski definition) is 2. The lowest BCUT2D eigenvalue weighted by molar-refractivity contribution is -0.127. The molecule has 1 aromatic carbocycles. The van der Waals surface area contributed by atoms with Gasteiger partial charge in [-0.15, -0.1) is 11.8 Å². The SMILES string of the molecule is CC(=O)NC(CSc1ccccc1)C(=O)NCCCN1CCOCC1. The number of morpholine rings is 1. The maximum absolute atomic E-state index is 12.4. The second kappa shape index (κ2) is 11.1. The Morgan fingerprint density at radius 2 is 1.96 bits per heavy atom. The van der Waals surface area contributed by atoms with Crippen LogP contribution in [0.1, 0.15) is 13.3 Å². The van der Waals surface area contributed by atoms with Gasteiger partial charge in [0, 0.05) is 37.2 Å². The summed E-state index contributed by atoms with van der Waals surface area (Å²) in [6.45, 7) is 6.48. The van der Waals surface area contributed by atoms with Crippen molar-refractivity contribution in [2.75, 3.05) is 45.1 Å². The van der Waals surface area contributed by atoms with Gasteiger partial charge in [0.1, 0.15) is 6.04 Å². The number of ether oxygens (including phenoxy) is 1.